The highest BCUT2D eigenvalue weighted by molar-refractivity contribution is 5.93. The number of benzene rings is 1. The SMILES string of the molecule is CCN(C(=O)CCNC)c1cccc(OC)c1.Cl. The number of nitrogens with one attached hydrogen (secondary N) is 1. The molecular formula is C13H21ClN2O2. The number of hydrogen-bond acceptors (Lipinski definition) is 3. The van der Waals surface area contributed by atoms with Gasteiger partial charge in [-0.15, -0.1) is 12.4 Å². The number of nitrogens with zero attached hydrogens (tertiary/aromatic N) is 1. The van der Waals surface area contributed by atoms with Crippen LogP contribution in [0.2, 0.25) is 0 Å². The zero-order chi connectivity index (χ0) is 12.7. The summed E-state index contributed by atoms with van der Waals surface area (Å²) in [6.07, 6.45) is 0.502. The molecule has 1 aromatic carbocycles. The van der Waals surface area contributed by atoms with Crippen molar-refractivity contribution in [3.05, 3.63) is 24.3 Å². The lowest BCUT2D eigenvalue weighted by Gasteiger charge is -2.21. The van der Waals surface area contributed by atoms with Crippen molar-refractivity contribution in [3.8, 4) is 5.75 Å². The molecule has 0 aromatic heterocycles. The van der Waals surface area contributed by atoms with E-state index in [1.54, 1.807) is 12.0 Å². The highest BCUT2D eigenvalue weighted by Crippen LogP contribution is 2.21. The van der Waals surface area contributed by atoms with E-state index in [1.807, 2.05) is 38.2 Å². The van der Waals surface area contributed by atoms with Crippen molar-refractivity contribution in [1.82, 2.24) is 5.32 Å². The first kappa shape index (κ1) is 16.7. The van der Waals surface area contributed by atoms with Gasteiger partial charge in [0.05, 0.1) is 7.11 Å². The van der Waals surface area contributed by atoms with Gasteiger partial charge < -0.3 is 15.0 Å². The second-order valence-corrected chi connectivity index (χ2v) is 3.69. The molecule has 1 amide bonds. The Balaban J connectivity index is 0.00000289. The summed E-state index contributed by atoms with van der Waals surface area (Å²) in [4.78, 5) is 13.7. The summed E-state index contributed by atoms with van der Waals surface area (Å²) in [7, 11) is 3.47. The first-order chi connectivity index (χ1) is 8.22. The number of rotatable bonds is 6. The molecule has 0 atom stereocenters. The first-order valence-electron chi connectivity index (χ1n) is 5.82. The first-order valence-corrected chi connectivity index (χ1v) is 5.82. The Morgan fingerprint density at radius 1 is 1.44 bits per heavy atom. The topological polar surface area (TPSA) is 41.6 Å². The van der Waals surface area contributed by atoms with Gasteiger partial charge in [0.25, 0.3) is 0 Å². The quantitative estimate of drug-likeness (QED) is 0.862. The number of halogens is 1. The number of hydrogen-bond donors (Lipinski definition) is 1. The number of anilines is 1. The maximum atomic E-state index is 12.0. The fourth-order valence-electron chi connectivity index (χ4n) is 1.65. The molecule has 0 aliphatic carbocycles. The highest BCUT2D eigenvalue weighted by Gasteiger charge is 2.13. The van der Waals surface area contributed by atoms with Gasteiger partial charge in [0.15, 0.2) is 0 Å². The Hall–Kier alpha value is -1.26. The largest absolute Gasteiger partial charge is 0.497 e. The molecular weight excluding hydrogens is 252 g/mol. The smallest absolute Gasteiger partial charge is 0.228 e. The van der Waals surface area contributed by atoms with E-state index in [-0.39, 0.29) is 18.3 Å². The zero-order valence-corrected chi connectivity index (χ0v) is 11.9. The van der Waals surface area contributed by atoms with E-state index in [4.69, 9.17) is 4.74 Å². The lowest BCUT2D eigenvalue weighted by Crippen LogP contribution is -2.32. The molecule has 102 valence electrons. The Labute approximate surface area is 115 Å². The molecule has 0 radical (unpaired) electrons. The number of carbonyl (C=O) groups excluding carboxylic acids is 1. The molecule has 0 unspecified atom stereocenters. The standard InChI is InChI=1S/C13H20N2O2.ClH/c1-4-15(13(16)8-9-14-2)11-6-5-7-12(10-11)17-3;/h5-7,10,14H,4,8-9H2,1-3H3;1H. The number of carbonyl (C=O) groups is 1. The van der Waals surface area contributed by atoms with Gasteiger partial charge in [-0.05, 0) is 26.1 Å². The Morgan fingerprint density at radius 2 is 2.17 bits per heavy atom. The molecule has 0 spiro atoms. The number of ether oxygens (including phenoxy) is 1. The van der Waals surface area contributed by atoms with Crippen molar-refractivity contribution in [2.75, 3.05) is 32.1 Å². The Kier molecular flexibility index (Phi) is 8.16. The summed E-state index contributed by atoms with van der Waals surface area (Å²) in [5.41, 5.74) is 0.882. The summed E-state index contributed by atoms with van der Waals surface area (Å²) >= 11 is 0. The summed E-state index contributed by atoms with van der Waals surface area (Å²) in [5, 5.41) is 2.98. The molecule has 0 saturated carbocycles. The van der Waals surface area contributed by atoms with Crippen LogP contribution in [0.4, 0.5) is 5.69 Å². The lowest BCUT2D eigenvalue weighted by atomic mass is 10.2. The molecule has 0 bridgehead atoms. The highest BCUT2D eigenvalue weighted by atomic mass is 35.5. The molecule has 0 fully saturated rings. The van der Waals surface area contributed by atoms with E-state index in [0.29, 0.717) is 19.5 Å². The normalized spacial score (nSPS) is 9.50. The third-order valence-electron chi connectivity index (χ3n) is 2.57. The van der Waals surface area contributed by atoms with E-state index in [0.717, 1.165) is 11.4 Å². The van der Waals surface area contributed by atoms with Gasteiger partial charge in [-0.2, -0.15) is 0 Å². The summed E-state index contributed by atoms with van der Waals surface area (Å²) in [5.74, 6) is 0.887. The van der Waals surface area contributed by atoms with Crippen LogP contribution < -0.4 is 15.0 Å². The Bertz CT molecular complexity index is 372. The van der Waals surface area contributed by atoms with Crippen LogP contribution in [0.25, 0.3) is 0 Å². The fourth-order valence-corrected chi connectivity index (χ4v) is 1.65. The second-order valence-electron chi connectivity index (χ2n) is 3.69. The summed E-state index contributed by atoms with van der Waals surface area (Å²) < 4.78 is 5.16. The van der Waals surface area contributed by atoms with Crippen LogP contribution in [-0.2, 0) is 4.79 Å². The van der Waals surface area contributed by atoms with E-state index in [2.05, 4.69) is 5.32 Å². The molecule has 1 rings (SSSR count). The zero-order valence-electron chi connectivity index (χ0n) is 11.1. The van der Waals surface area contributed by atoms with Crippen molar-refractivity contribution in [1.29, 1.82) is 0 Å². The van der Waals surface area contributed by atoms with Gasteiger partial charge in [0.2, 0.25) is 5.91 Å². The molecule has 1 aromatic rings. The van der Waals surface area contributed by atoms with Crippen molar-refractivity contribution in [3.63, 3.8) is 0 Å². The van der Waals surface area contributed by atoms with Crippen molar-refractivity contribution in [2.45, 2.75) is 13.3 Å². The molecule has 0 aliphatic heterocycles. The van der Waals surface area contributed by atoms with Crippen LogP contribution in [0.15, 0.2) is 24.3 Å². The third-order valence-corrected chi connectivity index (χ3v) is 2.57. The maximum Gasteiger partial charge on any atom is 0.228 e. The van der Waals surface area contributed by atoms with Gasteiger partial charge in [0.1, 0.15) is 5.75 Å². The van der Waals surface area contributed by atoms with Gasteiger partial charge in [-0.25, -0.2) is 0 Å². The molecule has 18 heavy (non-hydrogen) atoms. The van der Waals surface area contributed by atoms with Crippen LogP contribution in [0.1, 0.15) is 13.3 Å². The van der Waals surface area contributed by atoms with Crippen molar-refractivity contribution >= 4 is 24.0 Å². The van der Waals surface area contributed by atoms with Crippen LogP contribution >= 0.6 is 12.4 Å². The molecule has 0 heterocycles. The van der Waals surface area contributed by atoms with Crippen molar-refractivity contribution < 1.29 is 9.53 Å². The van der Waals surface area contributed by atoms with Crippen LogP contribution in [0, 0.1) is 0 Å². The van der Waals surface area contributed by atoms with Crippen LogP contribution in [0.3, 0.4) is 0 Å². The molecule has 0 saturated heterocycles. The summed E-state index contributed by atoms with van der Waals surface area (Å²) in [6, 6.07) is 7.56. The predicted octanol–water partition coefficient (Wildman–Crippen LogP) is 2.08. The third kappa shape index (κ3) is 4.55. The minimum atomic E-state index is 0. The minimum absolute atomic E-state index is 0. The predicted molar refractivity (Wildman–Crippen MR) is 76.8 cm³/mol. The molecule has 1 N–H and O–H groups in total. The maximum absolute atomic E-state index is 12.0. The lowest BCUT2D eigenvalue weighted by molar-refractivity contribution is -0.118. The average Bonchev–Trinajstić information content (AvgIpc) is 2.37. The molecule has 4 nitrogen and oxygen atoms in total. The van der Waals surface area contributed by atoms with Crippen LogP contribution in [0.5, 0.6) is 5.75 Å². The Morgan fingerprint density at radius 3 is 2.72 bits per heavy atom. The number of amides is 1. The molecule has 5 heteroatoms. The van der Waals surface area contributed by atoms with Gasteiger partial charge in [-0.1, -0.05) is 6.07 Å². The van der Waals surface area contributed by atoms with Gasteiger partial charge >= 0.3 is 0 Å². The van der Waals surface area contributed by atoms with E-state index in [9.17, 15) is 4.79 Å². The summed E-state index contributed by atoms with van der Waals surface area (Å²) in [6.45, 7) is 3.33. The fraction of sp³-hybridized carbons (Fsp3) is 0.462. The number of methoxy groups -OCH3 is 1. The average molecular weight is 273 g/mol. The van der Waals surface area contributed by atoms with Gasteiger partial charge in [0, 0.05) is 31.3 Å². The monoisotopic (exact) mass is 272 g/mol. The minimum Gasteiger partial charge on any atom is -0.497 e. The van der Waals surface area contributed by atoms with Crippen molar-refractivity contribution in [2.24, 2.45) is 0 Å². The van der Waals surface area contributed by atoms with Crippen LogP contribution in [-0.4, -0.2) is 33.2 Å². The van der Waals surface area contributed by atoms with E-state index >= 15 is 0 Å². The second kappa shape index (κ2) is 8.78. The van der Waals surface area contributed by atoms with E-state index in [1.165, 1.54) is 0 Å². The van der Waals surface area contributed by atoms with Gasteiger partial charge in [-0.3, -0.25) is 4.79 Å². The van der Waals surface area contributed by atoms with E-state index < -0.39 is 0 Å². The molecule has 0 aliphatic rings.